The molecule has 1 N–H and O–H groups in total. The first-order valence-electron chi connectivity index (χ1n) is 6.93. The minimum atomic E-state index is 0.431. The molecular formula is C15H24N2O. The van der Waals surface area contributed by atoms with Crippen LogP contribution in [0.25, 0.3) is 0 Å². The molecule has 1 saturated carbocycles. The molecular weight excluding hydrogens is 224 g/mol. The van der Waals surface area contributed by atoms with Gasteiger partial charge >= 0.3 is 0 Å². The molecule has 3 nitrogen and oxygen atoms in total. The van der Waals surface area contributed by atoms with Crippen molar-refractivity contribution < 1.29 is 4.74 Å². The lowest BCUT2D eigenvalue weighted by Gasteiger charge is -2.31. The normalized spacial score (nSPS) is 28.1. The van der Waals surface area contributed by atoms with Gasteiger partial charge in [-0.15, -0.1) is 0 Å². The van der Waals surface area contributed by atoms with Gasteiger partial charge in [-0.25, -0.2) is 4.98 Å². The molecule has 1 heterocycles. The number of ether oxygens (including phenoxy) is 1. The fraction of sp³-hybridized carbons (Fsp3) is 0.667. The van der Waals surface area contributed by atoms with Crippen molar-refractivity contribution in [3.8, 4) is 0 Å². The summed E-state index contributed by atoms with van der Waals surface area (Å²) < 4.78 is 6.00. The highest BCUT2D eigenvalue weighted by atomic mass is 16.5. The monoisotopic (exact) mass is 248 g/mol. The number of anilines is 1. The molecule has 2 rings (SSSR count). The van der Waals surface area contributed by atoms with Crippen molar-refractivity contribution in [2.75, 3.05) is 12.4 Å². The van der Waals surface area contributed by atoms with E-state index in [-0.39, 0.29) is 0 Å². The summed E-state index contributed by atoms with van der Waals surface area (Å²) in [6.07, 6.45) is 6.01. The predicted molar refractivity (Wildman–Crippen MR) is 74.5 cm³/mol. The maximum atomic E-state index is 6.00. The first-order chi connectivity index (χ1) is 8.69. The molecule has 0 bridgehead atoms. The van der Waals surface area contributed by atoms with Crippen LogP contribution in [-0.4, -0.2) is 18.1 Å². The summed E-state index contributed by atoms with van der Waals surface area (Å²) in [5.41, 5.74) is 1.15. The average Bonchev–Trinajstić information content (AvgIpc) is 2.41. The van der Waals surface area contributed by atoms with Gasteiger partial charge in [0.05, 0.1) is 12.7 Å². The molecule has 0 spiro atoms. The summed E-state index contributed by atoms with van der Waals surface area (Å²) in [5.74, 6) is 2.54. The highest BCUT2D eigenvalue weighted by Gasteiger charge is 2.24. The third-order valence-corrected chi connectivity index (χ3v) is 4.12. The van der Waals surface area contributed by atoms with Crippen molar-refractivity contribution in [3.05, 3.63) is 23.9 Å². The number of hydrogen-bond acceptors (Lipinski definition) is 3. The quantitative estimate of drug-likeness (QED) is 0.886. The molecule has 0 saturated heterocycles. The second-order valence-electron chi connectivity index (χ2n) is 5.50. The van der Waals surface area contributed by atoms with Crippen LogP contribution < -0.4 is 5.32 Å². The fourth-order valence-electron chi connectivity index (χ4n) is 2.52. The molecule has 3 heteroatoms. The van der Waals surface area contributed by atoms with Gasteiger partial charge in [-0.2, -0.15) is 0 Å². The summed E-state index contributed by atoms with van der Waals surface area (Å²) >= 11 is 0. The van der Waals surface area contributed by atoms with Crippen molar-refractivity contribution in [2.24, 2.45) is 11.8 Å². The zero-order valence-corrected chi connectivity index (χ0v) is 11.6. The minimum absolute atomic E-state index is 0.431. The molecule has 1 aromatic rings. The van der Waals surface area contributed by atoms with E-state index in [1.807, 2.05) is 19.3 Å². The molecule has 3 unspecified atom stereocenters. The first kappa shape index (κ1) is 13.3. The lowest BCUT2D eigenvalue weighted by molar-refractivity contribution is -0.00753. The number of aromatic nitrogens is 1. The smallest absolute Gasteiger partial charge is 0.125 e. The zero-order valence-electron chi connectivity index (χ0n) is 11.6. The molecule has 100 valence electrons. The van der Waals surface area contributed by atoms with Gasteiger partial charge in [-0.1, -0.05) is 19.9 Å². The largest absolute Gasteiger partial charge is 0.373 e. The van der Waals surface area contributed by atoms with Gasteiger partial charge in [0.2, 0.25) is 0 Å². The number of nitrogens with zero attached hydrogens (tertiary/aromatic N) is 1. The van der Waals surface area contributed by atoms with E-state index in [9.17, 15) is 0 Å². The molecule has 0 amide bonds. The average molecular weight is 248 g/mol. The number of rotatable bonds is 4. The maximum Gasteiger partial charge on any atom is 0.125 e. The lowest BCUT2D eigenvalue weighted by atomic mass is 9.80. The van der Waals surface area contributed by atoms with Crippen molar-refractivity contribution in [3.63, 3.8) is 0 Å². The third-order valence-electron chi connectivity index (χ3n) is 4.12. The van der Waals surface area contributed by atoms with Crippen molar-refractivity contribution >= 4 is 5.82 Å². The van der Waals surface area contributed by atoms with E-state index in [1.54, 1.807) is 0 Å². The van der Waals surface area contributed by atoms with Crippen LogP contribution in [0.15, 0.2) is 18.3 Å². The van der Waals surface area contributed by atoms with Crippen LogP contribution in [0.4, 0.5) is 5.82 Å². The first-order valence-corrected chi connectivity index (χ1v) is 6.93. The van der Waals surface area contributed by atoms with Crippen LogP contribution in [0, 0.1) is 11.8 Å². The molecule has 1 aliphatic carbocycles. The van der Waals surface area contributed by atoms with Gasteiger partial charge in [0.1, 0.15) is 5.82 Å². The second kappa shape index (κ2) is 6.19. The zero-order chi connectivity index (χ0) is 13.0. The Kier molecular flexibility index (Phi) is 4.59. The van der Waals surface area contributed by atoms with Gasteiger partial charge in [0, 0.05) is 13.2 Å². The summed E-state index contributed by atoms with van der Waals surface area (Å²) in [6.45, 7) is 5.37. The standard InChI is InChI=1S/C15H24N2O/c1-11-4-6-14(8-12(11)2)18-10-13-5-7-15(16-3)17-9-13/h5,7,9,11-12,14H,4,6,8,10H2,1-3H3,(H,16,17). The Morgan fingerprint density at radius 3 is 2.72 bits per heavy atom. The van der Waals surface area contributed by atoms with Crippen LogP contribution in [0.2, 0.25) is 0 Å². The molecule has 1 fully saturated rings. The predicted octanol–water partition coefficient (Wildman–Crippen LogP) is 3.46. The van der Waals surface area contributed by atoms with Gasteiger partial charge in [-0.05, 0) is 42.7 Å². The highest BCUT2D eigenvalue weighted by molar-refractivity contribution is 5.34. The Balaban J connectivity index is 1.80. The van der Waals surface area contributed by atoms with Crippen LogP contribution in [0.1, 0.15) is 38.7 Å². The van der Waals surface area contributed by atoms with Gasteiger partial charge in [0.15, 0.2) is 0 Å². The topological polar surface area (TPSA) is 34.1 Å². The van der Waals surface area contributed by atoms with Crippen molar-refractivity contribution in [1.82, 2.24) is 4.98 Å². The minimum Gasteiger partial charge on any atom is -0.373 e. The second-order valence-corrected chi connectivity index (χ2v) is 5.50. The third kappa shape index (κ3) is 3.45. The van der Waals surface area contributed by atoms with Crippen LogP contribution in [0.5, 0.6) is 0 Å². The molecule has 0 aromatic carbocycles. The Labute approximate surface area is 110 Å². The summed E-state index contributed by atoms with van der Waals surface area (Å²) in [6, 6.07) is 4.07. The fourth-order valence-corrected chi connectivity index (χ4v) is 2.52. The van der Waals surface area contributed by atoms with E-state index in [1.165, 1.54) is 19.3 Å². The van der Waals surface area contributed by atoms with Crippen LogP contribution >= 0.6 is 0 Å². The van der Waals surface area contributed by atoms with Gasteiger partial charge in [-0.3, -0.25) is 0 Å². The van der Waals surface area contributed by atoms with E-state index in [4.69, 9.17) is 4.74 Å². The number of hydrogen-bond donors (Lipinski definition) is 1. The van der Waals surface area contributed by atoms with Gasteiger partial charge in [0.25, 0.3) is 0 Å². The SMILES string of the molecule is CNc1ccc(COC2CCC(C)C(C)C2)cn1. The highest BCUT2D eigenvalue weighted by Crippen LogP contribution is 2.31. The van der Waals surface area contributed by atoms with Crippen LogP contribution in [0.3, 0.4) is 0 Å². The molecule has 0 radical (unpaired) electrons. The Hall–Kier alpha value is -1.09. The van der Waals surface area contributed by atoms with E-state index >= 15 is 0 Å². The molecule has 1 aromatic heterocycles. The summed E-state index contributed by atoms with van der Waals surface area (Å²) in [5, 5.41) is 3.02. The van der Waals surface area contributed by atoms with Crippen molar-refractivity contribution in [1.29, 1.82) is 0 Å². The molecule has 1 aliphatic rings. The Morgan fingerprint density at radius 1 is 1.28 bits per heavy atom. The maximum absolute atomic E-state index is 6.00. The Bertz CT molecular complexity index is 363. The van der Waals surface area contributed by atoms with Gasteiger partial charge < -0.3 is 10.1 Å². The van der Waals surface area contributed by atoms with Crippen molar-refractivity contribution in [2.45, 2.75) is 45.8 Å². The lowest BCUT2D eigenvalue weighted by Crippen LogP contribution is -2.26. The summed E-state index contributed by atoms with van der Waals surface area (Å²) in [4.78, 5) is 4.30. The molecule has 0 aliphatic heterocycles. The van der Waals surface area contributed by atoms with E-state index < -0.39 is 0 Å². The van der Waals surface area contributed by atoms with E-state index in [2.05, 4.69) is 30.2 Å². The summed E-state index contributed by atoms with van der Waals surface area (Å²) in [7, 11) is 1.88. The number of nitrogens with one attached hydrogen (secondary N) is 1. The van der Waals surface area contributed by atoms with Crippen LogP contribution in [-0.2, 0) is 11.3 Å². The Morgan fingerprint density at radius 2 is 2.11 bits per heavy atom. The molecule has 3 atom stereocenters. The molecule has 18 heavy (non-hydrogen) atoms. The van der Waals surface area contributed by atoms with E-state index in [0.717, 1.165) is 23.2 Å². The number of pyridine rings is 1. The van der Waals surface area contributed by atoms with E-state index in [0.29, 0.717) is 12.7 Å².